The molecule has 0 aliphatic carbocycles. The van der Waals surface area contributed by atoms with Crippen LogP contribution >= 0.6 is 0 Å². The van der Waals surface area contributed by atoms with E-state index in [9.17, 15) is 18.3 Å². The van der Waals surface area contributed by atoms with E-state index in [1.54, 1.807) is 18.2 Å². The summed E-state index contributed by atoms with van der Waals surface area (Å²) < 4.78 is 43.1. The molecular weight excluding hydrogens is 307 g/mol. The number of methoxy groups -OCH3 is 1. The first kappa shape index (κ1) is 17.1. The number of hydrogen-bond donors (Lipinski definition) is 2. The monoisotopic (exact) mass is 325 g/mol. The van der Waals surface area contributed by atoms with Gasteiger partial charge >= 0.3 is 6.18 Å². The summed E-state index contributed by atoms with van der Waals surface area (Å²) in [7, 11) is 1.36. The maximum absolute atomic E-state index is 12.7. The fourth-order valence-corrected chi connectivity index (χ4v) is 2.23. The standard InChI is InChI=1S/C17H18F3NO2/c1-23-16-10-14(17(18,19)20)7-6-12(16)8-9-21-11-13-4-2-3-5-15(13)22/h2-7,10,21-22H,8-9,11H2,1H3. The maximum atomic E-state index is 12.7. The summed E-state index contributed by atoms with van der Waals surface area (Å²) in [5.41, 5.74) is 0.748. The highest BCUT2D eigenvalue weighted by atomic mass is 19.4. The van der Waals surface area contributed by atoms with Gasteiger partial charge in [-0.15, -0.1) is 0 Å². The third-order valence-corrected chi connectivity index (χ3v) is 3.49. The molecule has 2 aromatic carbocycles. The Morgan fingerprint density at radius 3 is 2.48 bits per heavy atom. The van der Waals surface area contributed by atoms with E-state index in [0.29, 0.717) is 25.1 Å². The van der Waals surface area contributed by atoms with Gasteiger partial charge in [0.15, 0.2) is 0 Å². The molecule has 2 N–H and O–H groups in total. The molecule has 0 radical (unpaired) electrons. The molecule has 23 heavy (non-hydrogen) atoms. The van der Waals surface area contributed by atoms with E-state index < -0.39 is 11.7 Å². The van der Waals surface area contributed by atoms with E-state index >= 15 is 0 Å². The normalized spacial score (nSPS) is 11.5. The average Bonchev–Trinajstić information content (AvgIpc) is 2.52. The van der Waals surface area contributed by atoms with E-state index in [4.69, 9.17) is 4.74 Å². The second kappa shape index (κ2) is 7.37. The van der Waals surface area contributed by atoms with Gasteiger partial charge in [0, 0.05) is 12.1 Å². The molecule has 0 aliphatic rings. The lowest BCUT2D eigenvalue weighted by Crippen LogP contribution is -2.17. The SMILES string of the molecule is COc1cc(C(F)(F)F)ccc1CCNCc1ccccc1O. The Labute approximate surface area is 132 Å². The minimum absolute atomic E-state index is 0.215. The molecule has 0 aromatic heterocycles. The molecule has 0 saturated heterocycles. The predicted octanol–water partition coefficient (Wildman–Crippen LogP) is 3.75. The summed E-state index contributed by atoms with van der Waals surface area (Å²) in [5.74, 6) is 0.441. The molecule has 0 spiro atoms. The van der Waals surface area contributed by atoms with Gasteiger partial charge in [-0.1, -0.05) is 24.3 Å². The van der Waals surface area contributed by atoms with Crippen LogP contribution in [0, 0.1) is 0 Å². The van der Waals surface area contributed by atoms with Crippen molar-refractivity contribution in [1.82, 2.24) is 5.32 Å². The lowest BCUT2D eigenvalue weighted by molar-refractivity contribution is -0.137. The van der Waals surface area contributed by atoms with Gasteiger partial charge in [-0.3, -0.25) is 0 Å². The second-order valence-corrected chi connectivity index (χ2v) is 5.08. The number of hydrogen-bond acceptors (Lipinski definition) is 3. The lowest BCUT2D eigenvalue weighted by Gasteiger charge is -2.13. The largest absolute Gasteiger partial charge is 0.508 e. The highest BCUT2D eigenvalue weighted by molar-refractivity contribution is 5.39. The molecule has 0 bridgehead atoms. The minimum atomic E-state index is -4.38. The number of phenols is 1. The van der Waals surface area contributed by atoms with E-state index in [1.807, 2.05) is 6.07 Å². The van der Waals surface area contributed by atoms with Crippen LogP contribution in [0.15, 0.2) is 42.5 Å². The summed E-state index contributed by atoms with van der Waals surface area (Å²) in [6.07, 6.45) is -3.86. The second-order valence-electron chi connectivity index (χ2n) is 5.08. The highest BCUT2D eigenvalue weighted by Gasteiger charge is 2.31. The molecule has 0 fully saturated rings. The zero-order chi connectivity index (χ0) is 16.9. The maximum Gasteiger partial charge on any atom is 0.416 e. The van der Waals surface area contributed by atoms with Gasteiger partial charge < -0.3 is 15.2 Å². The molecule has 0 aliphatic heterocycles. The van der Waals surface area contributed by atoms with Gasteiger partial charge in [-0.25, -0.2) is 0 Å². The van der Waals surface area contributed by atoms with Crippen LogP contribution in [0.1, 0.15) is 16.7 Å². The molecular formula is C17H18F3NO2. The van der Waals surface area contributed by atoms with E-state index in [2.05, 4.69) is 5.32 Å². The van der Waals surface area contributed by atoms with Gasteiger partial charge in [0.1, 0.15) is 11.5 Å². The Balaban J connectivity index is 1.94. The van der Waals surface area contributed by atoms with Crippen molar-refractivity contribution >= 4 is 0 Å². The van der Waals surface area contributed by atoms with Gasteiger partial charge in [-0.2, -0.15) is 13.2 Å². The third-order valence-electron chi connectivity index (χ3n) is 3.49. The number of alkyl halides is 3. The number of benzene rings is 2. The number of para-hydroxylation sites is 1. The van der Waals surface area contributed by atoms with Crippen molar-refractivity contribution in [2.45, 2.75) is 19.1 Å². The van der Waals surface area contributed by atoms with Crippen molar-refractivity contribution in [2.24, 2.45) is 0 Å². The molecule has 2 aromatic rings. The average molecular weight is 325 g/mol. The van der Waals surface area contributed by atoms with Crippen molar-refractivity contribution in [1.29, 1.82) is 0 Å². The zero-order valence-corrected chi connectivity index (χ0v) is 12.7. The molecule has 0 amide bonds. The number of halogens is 3. The lowest BCUT2D eigenvalue weighted by atomic mass is 10.1. The quantitative estimate of drug-likeness (QED) is 0.795. The van der Waals surface area contributed by atoms with Crippen LogP contribution in [0.5, 0.6) is 11.5 Å². The summed E-state index contributed by atoms with van der Waals surface area (Å²) in [5, 5.41) is 12.8. The first-order valence-corrected chi connectivity index (χ1v) is 7.13. The van der Waals surface area contributed by atoms with Crippen molar-refractivity contribution in [3.8, 4) is 11.5 Å². The Hall–Kier alpha value is -2.21. The molecule has 6 heteroatoms. The van der Waals surface area contributed by atoms with Crippen LogP contribution in [-0.4, -0.2) is 18.8 Å². The van der Waals surface area contributed by atoms with Crippen LogP contribution < -0.4 is 10.1 Å². The molecule has 2 rings (SSSR count). The van der Waals surface area contributed by atoms with Crippen molar-refractivity contribution < 1.29 is 23.0 Å². The predicted molar refractivity (Wildman–Crippen MR) is 81.5 cm³/mol. The summed E-state index contributed by atoms with van der Waals surface area (Å²) in [6, 6.07) is 10.5. The van der Waals surface area contributed by atoms with Crippen LogP contribution in [0.25, 0.3) is 0 Å². The zero-order valence-electron chi connectivity index (χ0n) is 12.7. The topological polar surface area (TPSA) is 41.5 Å². The van der Waals surface area contributed by atoms with E-state index in [-0.39, 0.29) is 11.5 Å². The van der Waals surface area contributed by atoms with Crippen molar-refractivity contribution in [2.75, 3.05) is 13.7 Å². The number of phenolic OH excluding ortho intramolecular Hbond substituents is 1. The number of nitrogens with one attached hydrogen (secondary N) is 1. The number of aromatic hydroxyl groups is 1. The number of rotatable bonds is 6. The van der Waals surface area contributed by atoms with Gasteiger partial charge in [0.25, 0.3) is 0 Å². The van der Waals surface area contributed by atoms with Crippen LogP contribution in [0.2, 0.25) is 0 Å². The molecule has 124 valence electrons. The fourth-order valence-electron chi connectivity index (χ4n) is 2.23. The number of ether oxygens (including phenoxy) is 1. The smallest absolute Gasteiger partial charge is 0.416 e. The Morgan fingerprint density at radius 2 is 1.83 bits per heavy atom. The van der Waals surface area contributed by atoms with Gasteiger partial charge in [-0.05, 0) is 36.7 Å². The third kappa shape index (κ3) is 4.63. The molecule has 0 unspecified atom stereocenters. The minimum Gasteiger partial charge on any atom is -0.508 e. The summed E-state index contributed by atoms with van der Waals surface area (Å²) in [6.45, 7) is 1.03. The summed E-state index contributed by atoms with van der Waals surface area (Å²) in [4.78, 5) is 0. The molecule has 0 atom stereocenters. The molecule has 0 saturated carbocycles. The van der Waals surface area contributed by atoms with Crippen molar-refractivity contribution in [3.63, 3.8) is 0 Å². The van der Waals surface area contributed by atoms with Crippen LogP contribution in [0.3, 0.4) is 0 Å². The van der Waals surface area contributed by atoms with Crippen LogP contribution in [0.4, 0.5) is 13.2 Å². The first-order valence-electron chi connectivity index (χ1n) is 7.13. The Kier molecular flexibility index (Phi) is 5.50. The van der Waals surface area contributed by atoms with Gasteiger partial charge in [0.2, 0.25) is 0 Å². The highest BCUT2D eigenvalue weighted by Crippen LogP contribution is 2.33. The van der Waals surface area contributed by atoms with Crippen molar-refractivity contribution in [3.05, 3.63) is 59.2 Å². The fraction of sp³-hybridized carbons (Fsp3) is 0.294. The van der Waals surface area contributed by atoms with E-state index in [0.717, 1.165) is 17.7 Å². The first-order chi connectivity index (χ1) is 10.9. The Morgan fingerprint density at radius 1 is 1.09 bits per heavy atom. The van der Waals surface area contributed by atoms with E-state index in [1.165, 1.54) is 13.2 Å². The molecule has 0 heterocycles. The van der Waals surface area contributed by atoms with Gasteiger partial charge in [0.05, 0.1) is 12.7 Å². The summed E-state index contributed by atoms with van der Waals surface area (Å²) >= 11 is 0. The van der Waals surface area contributed by atoms with Crippen LogP contribution in [-0.2, 0) is 19.1 Å². The molecule has 3 nitrogen and oxygen atoms in total. The Bertz CT molecular complexity index is 657.